The summed E-state index contributed by atoms with van der Waals surface area (Å²) < 4.78 is 0. The minimum absolute atomic E-state index is 0.629. The van der Waals surface area contributed by atoms with Crippen LogP contribution in [0.2, 0.25) is 5.02 Å². The van der Waals surface area contributed by atoms with Gasteiger partial charge in [0, 0.05) is 32.2 Å². The lowest BCUT2D eigenvalue weighted by molar-refractivity contribution is 0.313. The Kier molecular flexibility index (Phi) is 5.04. The monoisotopic (exact) mass is 307 g/mol. The van der Waals surface area contributed by atoms with Crippen LogP contribution in [0.15, 0.2) is 18.2 Å². The van der Waals surface area contributed by atoms with Crippen molar-refractivity contribution in [2.75, 3.05) is 44.7 Å². The molecule has 2 aliphatic heterocycles. The molecule has 2 fully saturated rings. The van der Waals surface area contributed by atoms with Crippen molar-refractivity contribution in [1.29, 1.82) is 0 Å². The summed E-state index contributed by atoms with van der Waals surface area (Å²) in [6.45, 7) is 5.53. The quantitative estimate of drug-likeness (QED) is 0.926. The smallest absolute Gasteiger partial charge is 0.0642 e. The first-order chi connectivity index (χ1) is 10.2. The Labute approximate surface area is 133 Å². The second-order valence-electron chi connectivity index (χ2n) is 6.43. The van der Waals surface area contributed by atoms with E-state index in [1.807, 2.05) is 0 Å². The first-order valence-corrected chi connectivity index (χ1v) is 8.55. The molecule has 1 atom stereocenters. The van der Waals surface area contributed by atoms with Crippen LogP contribution in [0.4, 0.5) is 5.69 Å². The molecule has 116 valence electrons. The summed E-state index contributed by atoms with van der Waals surface area (Å²) in [5, 5.41) is 4.52. The number of halogens is 1. The molecule has 0 aliphatic carbocycles. The lowest BCUT2D eigenvalue weighted by Crippen LogP contribution is -2.44. The summed E-state index contributed by atoms with van der Waals surface area (Å²) in [6.07, 6.45) is 5.06. The van der Waals surface area contributed by atoms with Gasteiger partial charge < -0.3 is 15.1 Å². The zero-order chi connectivity index (χ0) is 14.7. The highest BCUT2D eigenvalue weighted by Crippen LogP contribution is 2.28. The van der Waals surface area contributed by atoms with Crippen LogP contribution in [0.3, 0.4) is 0 Å². The number of rotatable bonds is 3. The zero-order valence-electron chi connectivity index (χ0n) is 12.9. The van der Waals surface area contributed by atoms with Crippen molar-refractivity contribution >= 4 is 17.3 Å². The van der Waals surface area contributed by atoms with E-state index in [0.717, 1.165) is 44.2 Å². The number of hydrogen-bond donors (Lipinski definition) is 1. The first kappa shape index (κ1) is 15.1. The van der Waals surface area contributed by atoms with Gasteiger partial charge >= 0.3 is 0 Å². The lowest BCUT2D eigenvalue weighted by Gasteiger charge is -2.34. The molecule has 0 spiro atoms. The topological polar surface area (TPSA) is 18.5 Å². The third kappa shape index (κ3) is 3.91. The van der Waals surface area contributed by atoms with Gasteiger partial charge in [-0.2, -0.15) is 0 Å². The highest BCUT2D eigenvalue weighted by atomic mass is 35.5. The normalized spacial score (nSPS) is 24.3. The number of nitrogens with zero attached hydrogens (tertiary/aromatic N) is 2. The largest absolute Gasteiger partial charge is 0.368 e. The third-order valence-electron chi connectivity index (χ3n) is 4.75. The van der Waals surface area contributed by atoms with E-state index in [9.17, 15) is 0 Å². The fourth-order valence-corrected chi connectivity index (χ4v) is 3.69. The minimum Gasteiger partial charge on any atom is -0.368 e. The second-order valence-corrected chi connectivity index (χ2v) is 6.83. The van der Waals surface area contributed by atoms with Crippen molar-refractivity contribution in [2.24, 2.45) is 0 Å². The lowest BCUT2D eigenvalue weighted by atomic mass is 9.97. The fourth-order valence-electron chi connectivity index (χ4n) is 3.36. The number of piperidine rings is 1. The van der Waals surface area contributed by atoms with Gasteiger partial charge in [0.15, 0.2) is 0 Å². The van der Waals surface area contributed by atoms with Gasteiger partial charge in [-0.15, -0.1) is 0 Å². The van der Waals surface area contributed by atoms with Gasteiger partial charge in [0.05, 0.1) is 10.7 Å². The molecule has 0 radical (unpaired) electrons. The van der Waals surface area contributed by atoms with Gasteiger partial charge in [-0.05, 0) is 50.6 Å². The molecule has 21 heavy (non-hydrogen) atoms. The standard InChI is InChI=1S/C17H26ClN3/c1-20-8-10-21(11-9-20)17-6-5-14(13-16(17)18)12-15-4-2-3-7-19-15/h5-6,13,15,19H,2-4,7-12H2,1H3. The molecule has 0 bridgehead atoms. The summed E-state index contributed by atoms with van der Waals surface area (Å²) >= 11 is 6.54. The van der Waals surface area contributed by atoms with Gasteiger partial charge in [0.2, 0.25) is 0 Å². The SMILES string of the molecule is CN1CCN(c2ccc(CC3CCCCN3)cc2Cl)CC1. The zero-order valence-corrected chi connectivity index (χ0v) is 13.7. The van der Waals surface area contributed by atoms with Crippen LogP contribution in [0, 0.1) is 0 Å². The maximum absolute atomic E-state index is 6.54. The predicted octanol–water partition coefficient (Wildman–Crippen LogP) is 2.78. The Balaban J connectivity index is 1.64. The molecule has 2 aliphatic rings. The molecule has 0 aromatic heterocycles. The molecule has 4 heteroatoms. The molecule has 1 aromatic rings. The average Bonchev–Trinajstić information content (AvgIpc) is 2.50. The number of benzene rings is 1. The molecule has 0 saturated carbocycles. The van der Waals surface area contributed by atoms with Crippen molar-refractivity contribution in [3.63, 3.8) is 0 Å². The van der Waals surface area contributed by atoms with Gasteiger partial charge in [-0.1, -0.05) is 24.1 Å². The van der Waals surface area contributed by atoms with Crippen LogP contribution < -0.4 is 10.2 Å². The summed E-state index contributed by atoms with van der Waals surface area (Å²) in [5.41, 5.74) is 2.56. The summed E-state index contributed by atoms with van der Waals surface area (Å²) in [5.74, 6) is 0. The van der Waals surface area contributed by atoms with Crippen LogP contribution in [0.25, 0.3) is 0 Å². The molecule has 1 aromatic carbocycles. The van der Waals surface area contributed by atoms with E-state index in [1.54, 1.807) is 0 Å². The van der Waals surface area contributed by atoms with Crippen molar-refractivity contribution in [1.82, 2.24) is 10.2 Å². The van der Waals surface area contributed by atoms with E-state index in [-0.39, 0.29) is 0 Å². The van der Waals surface area contributed by atoms with Crippen molar-refractivity contribution in [2.45, 2.75) is 31.7 Å². The van der Waals surface area contributed by atoms with E-state index in [2.05, 4.69) is 40.4 Å². The van der Waals surface area contributed by atoms with Crippen LogP contribution in [-0.4, -0.2) is 50.7 Å². The fraction of sp³-hybridized carbons (Fsp3) is 0.647. The number of nitrogens with one attached hydrogen (secondary N) is 1. The summed E-state index contributed by atoms with van der Waals surface area (Å²) in [6, 6.07) is 7.27. The molecular formula is C17H26ClN3. The van der Waals surface area contributed by atoms with E-state index in [1.165, 1.54) is 30.5 Å². The first-order valence-electron chi connectivity index (χ1n) is 8.18. The third-order valence-corrected chi connectivity index (χ3v) is 5.05. The van der Waals surface area contributed by atoms with Gasteiger partial charge in [-0.25, -0.2) is 0 Å². The predicted molar refractivity (Wildman–Crippen MR) is 90.5 cm³/mol. The van der Waals surface area contributed by atoms with E-state index < -0.39 is 0 Å². The molecule has 0 amide bonds. The Bertz CT molecular complexity index is 463. The van der Waals surface area contributed by atoms with Gasteiger partial charge in [0.25, 0.3) is 0 Å². The molecule has 3 rings (SSSR count). The number of anilines is 1. The van der Waals surface area contributed by atoms with Crippen LogP contribution in [0.5, 0.6) is 0 Å². The Hall–Kier alpha value is -0.770. The molecule has 1 N–H and O–H groups in total. The molecule has 1 unspecified atom stereocenters. The van der Waals surface area contributed by atoms with E-state index >= 15 is 0 Å². The van der Waals surface area contributed by atoms with Gasteiger partial charge in [-0.3, -0.25) is 0 Å². The van der Waals surface area contributed by atoms with Crippen molar-refractivity contribution in [3.05, 3.63) is 28.8 Å². The van der Waals surface area contributed by atoms with Crippen LogP contribution >= 0.6 is 11.6 Å². The van der Waals surface area contributed by atoms with Crippen molar-refractivity contribution in [3.8, 4) is 0 Å². The molecule has 2 heterocycles. The van der Waals surface area contributed by atoms with Crippen molar-refractivity contribution < 1.29 is 0 Å². The molecule has 3 nitrogen and oxygen atoms in total. The summed E-state index contributed by atoms with van der Waals surface area (Å²) in [7, 11) is 2.18. The number of piperazine rings is 1. The van der Waals surface area contributed by atoms with E-state index in [4.69, 9.17) is 11.6 Å². The summed E-state index contributed by atoms with van der Waals surface area (Å²) in [4.78, 5) is 4.78. The Morgan fingerprint density at radius 2 is 2.00 bits per heavy atom. The molecular weight excluding hydrogens is 282 g/mol. The van der Waals surface area contributed by atoms with E-state index in [0.29, 0.717) is 6.04 Å². The maximum atomic E-state index is 6.54. The highest BCUT2D eigenvalue weighted by Gasteiger charge is 2.18. The van der Waals surface area contributed by atoms with Gasteiger partial charge in [0.1, 0.15) is 0 Å². The van der Waals surface area contributed by atoms with Crippen LogP contribution in [-0.2, 0) is 6.42 Å². The second kappa shape index (κ2) is 6.99. The molecule has 2 saturated heterocycles. The average molecular weight is 308 g/mol. The number of hydrogen-bond acceptors (Lipinski definition) is 3. The minimum atomic E-state index is 0.629. The Morgan fingerprint density at radius 3 is 2.67 bits per heavy atom. The maximum Gasteiger partial charge on any atom is 0.0642 e. The number of likely N-dealkylation sites (N-methyl/N-ethyl adjacent to an activating group) is 1. The highest BCUT2D eigenvalue weighted by molar-refractivity contribution is 6.33. The Morgan fingerprint density at radius 1 is 1.19 bits per heavy atom. The van der Waals surface area contributed by atoms with Crippen LogP contribution in [0.1, 0.15) is 24.8 Å².